The first-order chi connectivity index (χ1) is 7.86. The van der Waals surface area contributed by atoms with Crippen molar-refractivity contribution in [3.63, 3.8) is 0 Å². The highest BCUT2D eigenvalue weighted by atomic mass is 15.0. The van der Waals surface area contributed by atoms with Crippen LogP contribution in [0.15, 0.2) is 42.9 Å². The van der Waals surface area contributed by atoms with Crippen molar-refractivity contribution in [2.75, 3.05) is 17.6 Å². The van der Waals surface area contributed by atoms with Gasteiger partial charge in [0.1, 0.15) is 5.82 Å². The smallest absolute Gasteiger partial charge is 0.149 e. The highest BCUT2D eigenvalue weighted by Crippen LogP contribution is 2.12. The molecule has 0 radical (unpaired) electrons. The Morgan fingerprint density at radius 3 is 2.81 bits per heavy atom. The molecule has 0 fully saturated rings. The fraction of sp³-hybridized carbons (Fsp3) is 0.167. The number of nitrogens with two attached hydrogens (primary N) is 1. The Balaban J connectivity index is 1.87. The molecule has 0 unspecified atom stereocenters. The largest absolute Gasteiger partial charge is 0.396 e. The number of hydrogen-bond acceptors (Lipinski definition) is 4. The topological polar surface area (TPSA) is 63.8 Å². The molecular formula is C12H14N4. The second-order valence-electron chi connectivity index (χ2n) is 3.48. The lowest BCUT2D eigenvalue weighted by atomic mass is 10.2. The van der Waals surface area contributed by atoms with E-state index in [0.717, 1.165) is 18.8 Å². The van der Waals surface area contributed by atoms with E-state index in [0.29, 0.717) is 5.69 Å². The molecule has 16 heavy (non-hydrogen) atoms. The maximum atomic E-state index is 5.76. The van der Waals surface area contributed by atoms with E-state index in [-0.39, 0.29) is 0 Å². The normalized spacial score (nSPS) is 10.0. The molecule has 0 atom stereocenters. The lowest BCUT2D eigenvalue weighted by Gasteiger charge is -2.07. The van der Waals surface area contributed by atoms with Gasteiger partial charge < -0.3 is 11.1 Å². The minimum Gasteiger partial charge on any atom is -0.396 e. The molecule has 2 heterocycles. The van der Waals surface area contributed by atoms with Crippen molar-refractivity contribution in [1.29, 1.82) is 0 Å². The molecule has 0 saturated carbocycles. The lowest BCUT2D eigenvalue weighted by molar-refractivity contribution is 0.995. The lowest BCUT2D eigenvalue weighted by Crippen LogP contribution is -2.08. The Kier molecular flexibility index (Phi) is 3.33. The van der Waals surface area contributed by atoms with E-state index >= 15 is 0 Å². The van der Waals surface area contributed by atoms with E-state index in [1.165, 1.54) is 5.56 Å². The molecule has 0 saturated heterocycles. The summed E-state index contributed by atoms with van der Waals surface area (Å²) in [5, 5.41) is 3.20. The molecule has 0 aliphatic rings. The zero-order valence-electron chi connectivity index (χ0n) is 8.93. The average molecular weight is 214 g/mol. The van der Waals surface area contributed by atoms with Crippen molar-refractivity contribution in [3.8, 4) is 0 Å². The van der Waals surface area contributed by atoms with Gasteiger partial charge in [-0.15, -0.1) is 0 Å². The number of nitrogens with one attached hydrogen (secondary N) is 1. The van der Waals surface area contributed by atoms with Crippen LogP contribution in [0.1, 0.15) is 5.56 Å². The van der Waals surface area contributed by atoms with Gasteiger partial charge >= 0.3 is 0 Å². The number of rotatable bonds is 4. The summed E-state index contributed by atoms with van der Waals surface area (Å²) in [6, 6.07) is 7.64. The van der Waals surface area contributed by atoms with Crippen LogP contribution in [0.2, 0.25) is 0 Å². The van der Waals surface area contributed by atoms with Gasteiger partial charge in [-0.1, -0.05) is 6.07 Å². The molecule has 3 N–H and O–H groups in total. The number of anilines is 2. The summed E-state index contributed by atoms with van der Waals surface area (Å²) in [5.74, 6) is 0.742. The Bertz CT molecular complexity index is 442. The van der Waals surface area contributed by atoms with Gasteiger partial charge in [-0.05, 0) is 30.2 Å². The van der Waals surface area contributed by atoms with Crippen LogP contribution in [0.5, 0.6) is 0 Å². The first kappa shape index (κ1) is 10.4. The number of aromatic nitrogens is 2. The van der Waals surface area contributed by atoms with Crippen LogP contribution >= 0.6 is 0 Å². The van der Waals surface area contributed by atoms with Crippen LogP contribution in [0, 0.1) is 0 Å². The van der Waals surface area contributed by atoms with Crippen LogP contribution in [0.25, 0.3) is 0 Å². The monoisotopic (exact) mass is 214 g/mol. The summed E-state index contributed by atoms with van der Waals surface area (Å²) in [4.78, 5) is 8.22. The van der Waals surface area contributed by atoms with Crippen LogP contribution < -0.4 is 11.1 Å². The summed E-state index contributed by atoms with van der Waals surface area (Å²) < 4.78 is 0. The molecule has 2 aromatic heterocycles. The Labute approximate surface area is 94.5 Å². The molecule has 82 valence electrons. The predicted molar refractivity (Wildman–Crippen MR) is 65.1 cm³/mol. The third-order valence-electron chi connectivity index (χ3n) is 2.27. The van der Waals surface area contributed by atoms with Gasteiger partial charge in [-0.2, -0.15) is 0 Å². The van der Waals surface area contributed by atoms with Crippen LogP contribution in [-0.4, -0.2) is 16.5 Å². The van der Waals surface area contributed by atoms with Crippen molar-refractivity contribution >= 4 is 11.5 Å². The minimum atomic E-state index is 0.675. The molecule has 0 aromatic carbocycles. The van der Waals surface area contributed by atoms with E-state index in [1.54, 1.807) is 12.4 Å². The highest BCUT2D eigenvalue weighted by Gasteiger charge is 1.98. The third-order valence-corrected chi connectivity index (χ3v) is 2.27. The average Bonchev–Trinajstić information content (AvgIpc) is 2.33. The first-order valence-corrected chi connectivity index (χ1v) is 5.19. The number of pyridine rings is 2. The maximum Gasteiger partial charge on any atom is 0.149 e. The van der Waals surface area contributed by atoms with Gasteiger partial charge in [0.2, 0.25) is 0 Å². The maximum absolute atomic E-state index is 5.76. The molecule has 0 aliphatic carbocycles. The minimum absolute atomic E-state index is 0.675. The zero-order chi connectivity index (χ0) is 11.2. The summed E-state index contributed by atoms with van der Waals surface area (Å²) in [6.07, 6.45) is 6.27. The van der Waals surface area contributed by atoms with E-state index in [9.17, 15) is 0 Å². The summed E-state index contributed by atoms with van der Waals surface area (Å²) in [5.41, 5.74) is 7.64. The summed E-state index contributed by atoms with van der Waals surface area (Å²) in [6.45, 7) is 0.799. The van der Waals surface area contributed by atoms with Gasteiger partial charge in [-0.3, -0.25) is 4.98 Å². The number of nitrogen functional groups attached to an aromatic ring is 1. The SMILES string of the molecule is Nc1cccnc1NCCc1cccnc1. The van der Waals surface area contributed by atoms with Gasteiger partial charge in [-0.25, -0.2) is 4.98 Å². The van der Waals surface area contributed by atoms with Crippen LogP contribution in [0.4, 0.5) is 11.5 Å². The molecule has 0 spiro atoms. The van der Waals surface area contributed by atoms with Crippen molar-refractivity contribution in [2.45, 2.75) is 6.42 Å². The van der Waals surface area contributed by atoms with Gasteiger partial charge in [0.05, 0.1) is 5.69 Å². The quantitative estimate of drug-likeness (QED) is 0.813. The standard InChI is InChI=1S/C12H14N4/c13-11-4-2-7-15-12(11)16-8-5-10-3-1-6-14-9-10/h1-4,6-7,9H,5,8,13H2,(H,15,16). The van der Waals surface area contributed by atoms with Crippen molar-refractivity contribution < 1.29 is 0 Å². The number of hydrogen-bond donors (Lipinski definition) is 2. The molecule has 0 aliphatic heterocycles. The van der Waals surface area contributed by atoms with Gasteiger partial charge in [0, 0.05) is 25.1 Å². The van der Waals surface area contributed by atoms with E-state index in [1.807, 2.05) is 24.4 Å². The second kappa shape index (κ2) is 5.11. The Morgan fingerprint density at radius 1 is 1.19 bits per heavy atom. The third kappa shape index (κ3) is 2.70. The highest BCUT2D eigenvalue weighted by molar-refractivity contribution is 5.60. The fourth-order valence-corrected chi connectivity index (χ4v) is 1.44. The molecule has 2 aromatic rings. The second-order valence-corrected chi connectivity index (χ2v) is 3.48. The molecule has 4 heteroatoms. The van der Waals surface area contributed by atoms with Crippen molar-refractivity contribution in [2.24, 2.45) is 0 Å². The molecule has 0 amide bonds. The van der Waals surface area contributed by atoms with E-state index in [4.69, 9.17) is 5.73 Å². The van der Waals surface area contributed by atoms with Gasteiger partial charge in [0.15, 0.2) is 0 Å². The molecular weight excluding hydrogens is 200 g/mol. The Morgan fingerprint density at radius 2 is 2.06 bits per heavy atom. The Hall–Kier alpha value is -2.10. The summed E-state index contributed by atoms with van der Waals surface area (Å²) >= 11 is 0. The fourth-order valence-electron chi connectivity index (χ4n) is 1.44. The van der Waals surface area contributed by atoms with E-state index < -0.39 is 0 Å². The van der Waals surface area contributed by atoms with Crippen LogP contribution in [-0.2, 0) is 6.42 Å². The molecule has 0 bridgehead atoms. The molecule has 2 rings (SSSR count). The van der Waals surface area contributed by atoms with Gasteiger partial charge in [0.25, 0.3) is 0 Å². The zero-order valence-corrected chi connectivity index (χ0v) is 8.93. The van der Waals surface area contributed by atoms with Crippen LogP contribution in [0.3, 0.4) is 0 Å². The van der Waals surface area contributed by atoms with Crippen molar-refractivity contribution in [1.82, 2.24) is 9.97 Å². The number of nitrogens with zero attached hydrogens (tertiary/aromatic N) is 2. The van der Waals surface area contributed by atoms with E-state index in [2.05, 4.69) is 21.4 Å². The predicted octanol–water partition coefficient (Wildman–Crippen LogP) is 1.71. The van der Waals surface area contributed by atoms with Crippen molar-refractivity contribution in [3.05, 3.63) is 48.4 Å². The molecule has 4 nitrogen and oxygen atoms in total. The summed E-state index contributed by atoms with van der Waals surface area (Å²) in [7, 11) is 0. The first-order valence-electron chi connectivity index (χ1n) is 5.19.